The maximum absolute atomic E-state index is 5.00. The maximum Gasteiger partial charge on any atom is 0.124 e. The topological polar surface area (TPSA) is 12.9 Å². The number of hydrogen-bond acceptors (Lipinski definition) is 2. The highest BCUT2D eigenvalue weighted by molar-refractivity contribution is 7.22. The van der Waals surface area contributed by atoms with Crippen LogP contribution in [0.3, 0.4) is 0 Å². The zero-order valence-electron chi connectivity index (χ0n) is 24.3. The monoisotopic (exact) mass is 587 g/mol. The second-order valence-electron chi connectivity index (χ2n) is 11.9. The van der Waals surface area contributed by atoms with Crippen molar-refractivity contribution in [1.29, 1.82) is 0 Å². The molecule has 0 amide bonds. The van der Waals surface area contributed by atoms with Crippen LogP contribution in [-0.4, -0.2) is 4.98 Å². The molecular formula is C43H25NS. The van der Waals surface area contributed by atoms with Gasteiger partial charge in [0.25, 0.3) is 0 Å². The van der Waals surface area contributed by atoms with E-state index in [1.54, 1.807) is 11.3 Å². The quantitative estimate of drug-likeness (QED) is 0.200. The molecule has 8 aromatic carbocycles. The van der Waals surface area contributed by atoms with Crippen LogP contribution >= 0.6 is 11.3 Å². The number of nitrogens with zero attached hydrogens (tertiary/aromatic N) is 1. The van der Waals surface area contributed by atoms with Gasteiger partial charge < -0.3 is 0 Å². The van der Waals surface area contributed by atoms with E-state index in [4.69, 9.17) is 4.98 Å². The van der Waals surface area contributed by atoms with Crippen molar-refractivity contribution < 1.29 is 0 Å². The Balaban J connectivity index is 1.16. The molecule has 0 radical (unpaired) electrons. The number of benzene rings is 8. The average molecular weight is 588 g/mol. The highest BCUT2D eigenvalue weighted by Gasteiger charge is 2.23. The van der Waals surface area contributed by atoms with Crippen molar-refractivity contribution in [3.8, 4) is 55.1 Å². The molecule has 1 aliphatic carbocycles. The van der Waals surface area contributed by atoms with Crippen LogP contribution in [0, 0.1) is 0 Å². The molecule has 0 spiro atoms. The summed E-state index contributed by atoms with van der Waals surface area (Å²) in [7, 11) is 0. The lowest BCUT2D eigenvalue weighted by Crippen LogP contribution is -1.88. The van der Waals surface area contributed by atoms with Crippen molar-refractivity contribution >= 4 is 53.9 Å². The maximum atomic E-state index is 5.00. The van der Waals surface area contributed by atoms with Gasteiger partial charge in [-0.15, -0.1) is 11.3 Å². The Kier molecular flexibility index (Phi) is 5.22. The number of rotatable bonds is 3. The van der Waals surface area contributed by atoms with Crippen LogP contribution in [0.4, 0.5) is 0 Å². The third kappa shape index (κ3) is 3.64. The van der Waals surface area contributed by atoms with E-state index in [1.807, 2.05) is 0 Å². The Bertz CT molecular complexity index is 2620. The van der Waals surface area contributed by atoms with Crippen LogP contribution < -0.4 is 0 Å². The molecule has 0 saturated carbocycles. The molecule has 0 aliphatic heterocycles. The minimum Gasteiger partial charge on any atom is -0.236 e. The summed E-state index contributed by atoms with van der Waals surface area (Å²) in [6.07, 6.45) is 0. The molecule has 208 valence electrons. The van der Waals surface area contributed by atoms with Crippen LogP contribution in [-0.2, 0) is 0 Å². The number of fused-ring (bicyclic) bond motifs is 7. The van der Waals surface area contributed by atoms with Crippen LogP contribution in [0.2, 0.25) is 0 Å². The summed E-state index contributed by atoms with van der Waals surface area (Å²) in [5.41, 5.74) is 12.6. The van der Waals surface area contributed by atoms with Gasteiger partial charge in [-0.1, -0.05) is 140 Å². The van der Waals surface area contributed by atoms with Crippen molar-refractivity contribution in [3.63, 3.8) is 0 Å². The summed E-state index contributed by atoms with van der Waals surface area (Å²) in [5.74, 6) is 0. The van der Waals surface area contributed by atoms with Gasteiger partial charge >= 0.3 is 0 Å². The lowest BCUT2D eigenvalue weighted by molar-refractivity contribution is 1.48. The Labute approximate surface area is 264 Å². The summed E-state index contributed by atoms with van der Waals surface area (Å²) in [4.78, 5) is 5.00. The molecule has 0 bridgehead atoms. The lowest BCUT2D eigenvalue weighted by Gasteiger charge is -2.15. The number of hydrogen-bond donors (Lipinski definition) is 0. The molecule has 10 rings (SSSR count). The van der Waals surface area contributed by atoms with E-state index in [9.17, 15) is 0 Å². The molecule has 45 heavy (non-hydrogen) atoms. The van der Waals surface area contributed by atoms with Crippen molar-refractivity contribution in [3.05, 3.63) is 152 Å². The molecule has 0 unspecified atom stereocenters. The zero-order chi connectivity index (χ0) is 29.5. The van der Waals surface area contributed by atoms with Gasteiger partial charge in [-0.3, -0.25) is 0 Å². The first-order valence-electron chi connectivity index (χ1n) is 15.4. The molecule has 1 nitrogen and oxygen atoms in total. The number of aromatic nitrogens is 1. The molecule has 1 aromatic heterocycles. The first-order chi connectivity index (χ1) is 22.3. The molecular weight excluding hydrogens is 563 g/mol. The van der Waals surface area contributed by atoms with Gasteiger partial charge in [0, 0.05) is 10.9 Å². The molecule has 9 aromatic rings. The summed E-state index contributed by atoms with van der Waals surface area (Å²) in [6.45, 7) is 0. The van der Waals surface area contributed by atoms with Crippen LogP contribution in [0.15, 0.2) is 152 Å². The SMILES string of the molecule is c1ccc(-c2nc3ccc4ccc(-c5ccc(-c6ccc7c8c(cccc68)-c6ccccc6-7)c6ccccc56)cc4c3s2)cc1. The highest BCUT2D eigenvalue weighted by Crippen LogP contribution is 2.50. The fraction of sp³-hybridized carbons (Fsp3) is 0. The molecule has 0 atom stereocenters. The molecule has 0 saturated heterocycles. The average Bonchev–Trinajstić information content (AvgIpc) is 3.70. The second-order valence-corrected chi connectivity index (χ2v) is 12.9. The molecule has 0 fully saturated rings. The molecule has 1 heterocycles. The van der Waals surface area contributed by atoms with E-state index in [0.717, 1.165) is 16.1 Å². The summed E-state index contributed by atoms with van der Waals surface area (Å²) in [6, 6.07) is 55.5. The van der Waals surface area contributed by atoms with Crippen LogP contribution in [0.5, 0.6) is 0 Å². The summed E-state index contributed by atoms with van der Waals surface area (Å²) in [5, 5.41) is 8.77. The predicted molar refractivity (Wildman–Crippen MR) is 193 cm³/mol. The van der Waals surface area contributed by atoms with E-state index in [2.05, 4.69) is 152 Å². The van der Waals surface area contributed by atoms with Crippen LogP contribution in [0.1, 0.15) is 0 Å². The van der Waals surface area contributed by atoms with E-state index in [-0.39, 0.29) is 0 Å². The van der Waals surface area contributed by atoms with Gasteiger partial charge in [0.05, 0.1) is 10.2 Å². The van der Waals surface area contributed by atoms with Crippen molar-refractivity contribution in [2.24, 2.45) is 0 Å². The Hall–Kier alpha value is -5.57. The summed E-state index contributed by atoms with van der Waals surface area (Å²) >= 11 is 1.78. The third-order valence-corrected chi connectivity index (χ3v) is 10.6. The van der Waals surface area contributed by atoms with E-state index in [0.29, 0.717) is 0 Å². The lowest BCUT2D eigenvalue weighted by atomic mass is 9.88. The fourth-order valence-electron chi connectivity index (χ4n) is 7.41. The van der Waals surface area contributed by atoms with Gasteiger partial charge in [-0.2, -0.15) is 0 Å². The van der Waals surface area contributed by atoms with E-state index < -0.39 is 0 Å². The van der Waals surface area contributed by atoms with Gasteiger partial charge in [0.15, 0.2) is 0 Å². The van der Waals surface area contributed by atoms with Gasteiger partial charge in [-0.05, 0) is 83.6 Å². The normalized spacial score (nSPS) is 12.0. The Morgan fingerprint density at radius 1 is 0.378 bits per heavy atom. The number of thiazole rings is 1. The second kappa shape index (κ2) is 9.46. The van der Waals surface area contributed by atoms with E-state index >= 15 is 0 Å². The first-order valence-corrected chi connectivity index (χ1v) is 16.2. The zero-order valence-corrected chi connectivity index (χ0v) is 25.1. The van der Waals surface area contributed by atoms with E-state index in [1.165, 1.54) is 81.5 Å². The smallest absolute Gasteiger partial charge is 0.124 e. The van der Waals surface area contributed by atoms with Crippen molar-refractivity contribution in [2.75, 3.05) is 0 Å². The first kappa shape index (κ1) is 24.8. The molecule has 1 aliphatic rings. The van der Waals surface area contributed by atoms with Gasteiger partial charge in [0.2, 0.25) is 0 Å². The van der Waals surface area contributed by atoms with Crippen molar-refractivity contribution in [2.45, 2.75) is 0 Å². The molecule has 2 heteroatoms. The highest BCUT2D eigenvalue weighted by atomic mass is 32.1. The third-order valence-electron chi connectivity index (χ3n) is 9.47. The Morgan fingerprint density at radius 3 is 1.80 bits per heavy atom. The minimum absolute atomic E-state index is 1.05. The van der Waals surface area contributed by atoms with Crippen molar-refractivity contribution in [1.82, 2.24) is 4.98 Å². The molecule has 0 N–H and O–H groups in total. The standard InChI is InChI=1S/C43H25NS/c1-2-9-27(10-3-1)43-44-40-24-19-26-17-18-28(25-39(26)42(40)45-43)29-20-21-34(31-12-5-4-11-30(29)31)35-22-23-38-33-14-7-6-13-32(33)36-15-8-16-37(35)41(36)38/h1-25H. The van der Waals surface area contributed by atoms with Crippen LogP contribution in [0.25, 0.3) is 97.6 Å². The predicted octanol–water partition coefficient (Wildman–Crippen LogP) is 12.4. The van der Waals surface area contributed by atoms with Gasteiger partial charge in [0.1, 0.15) is 5.01 Å². The Morgan fingerprint density at radius 2 is 0.978 bits per heavy atom. The largest absolute Gasteiger partial charge is 0.236 e. The fourth-order valence-corrected chi connectivity index (χ4v) is 8.50. The van der Waals surface area contributed by atoms with Gasteiger partial charge in [-0.25, -0.2) is 4.98 Å². The minimum atomic E-state index is 1.05. The summed E-state index contributed by atoms with van der Waals surface area (Å²) < 4.78 is 1.24.